The maximum absolute atomic E-state index is 12.4. The summed E-state index contributed by atoms with van der Waals surface area (Å²) >= 11 is 6.63. The lowest BCUT2D eigenvalue weighted by molar-refractivity contribution is 0.189. The second kappa shape index (κ2) is 5.20. The predicted octanol–water partition coefficient (Wildman–Crippen LogP) is 2.28. The van der Waals surface area contributed by atoms with Gasteiger partial charge in [-0.05, 0) is 47.0 Å². The molecule has 0 aliphatic carbocycles. The highest BCUT2D eigenvalue weighted by atomic mass is 79.9. The Morgan fingerprint density at radius 2 is 2.00 bits per heavy atom. The first-order valence-corrected chi connectivity index (χ1v) is 8.49. The molecule has 100 valence electrons. The summed E-state index contributed by atoms with van der Waals surface area (Å²) in [4.78, 5) is 0.231. The molecule has 1 aliphatic heterocycles. The summed E-state index contributed by atoms with van der Waals surface area (Å²) in [5, 5.41) is 9.45. The Hall–Kier alpha value is 0.0500. The average Bonchev–Trinajstić information content (AvgIpc) is 2.70. The molecule has 1 fully saturated rings. The van der Waals surface area contributed by atoms with E-state index in [9.17, 15) is 13.5 Å². The molecule has 0 unspecified atom stereocenters. The van der Waals surface area contributed by atoms with E-state index in [0.29, 0.717) is 17.4 Å². The van der Waals surface area contributed by atoms with Crippen LogP contribution in [0, 0.1) is 6.92 Å². The van der Waals surface area contributed by atoms with Crippen molar-refractivity contribution in [3.8, 4) is 0 Å². The highest BCUT2D eigenvalue weighted by Crippen LogP contribution is 2.32. The van der Waals surface area contributed by atoms with E-state index in [1.54, 1.807) is 12.1 Å². The zero-order valence-electron chi connectivity index (χ0n) is 9.73. The highest BCUT2D eigenvalue weighted by molar-refractivity contribution is 9.11. The summed E-state index contributed by atoms with van der Waals surface area (Å²) in [6.45, 7) is 2.42. The zero-order valence-corrected chi connectivity index (χ0v) is 13.7. The van der Waals surface area contributed by atoms with Gasteiger partial charge in [0.15, 0.2) is 0 Å². The van der Waals surface area contributed by atoms with Crippen molar-refractivity contribution < 1.29 is 13.5 Å². The predicted molar refractivity (Wildman–Crippen MR) is 76.0 cm³/mol. The quantitative estimate of drug-likeness (QED) is 0.831. The largest absolute Gasteiger partial charge is 0.392 e. The molecule has 1 N–H and O–H groups in total. The van der Waals surface area contributed by atoms with Crippen molar-refractivity contribution in [3.63, 3.8) is 0 Å². The maximum Gasteiger partial charge on any atom is 0.244 e. The lowest BCUT2D eigenvalue weighted by Crippen LogP contribution is -2.30. The van der Waals surface area contributed by atoms with Crippen LogP contribution in [0.5, 0.6) is 0 Å². The summed E-state index contributed by atoms with van der Waals surface area (Å²) < 4.78 is 27.5. The number of nitrogens with zero attached hydrogens (tertiary/aromatic N) is 1. The van der Waals surface area contributed by atoms with Gasteiger partial charge in [0.1, 0.15) is 0 Å². The fourth-order valence-electron chi connectivity index (χ4n) is 1.89. The molecule has 0 bridgehead atoms. The van der Waals surface area contributed by atoms with Gasteiger partial charge in [0.25, 0.3) is 0 Å². The van der Waals surface area contributed by atoms with E-state index in [0.717, 1.165) is 10.0 Å². The molecule has 1 aromatic rings. The minimum atomic E-state index is -3.55. The van der Waals surface area contributed by atoms with Crippen molar-refractivity contribution in [2.24, 2.45) is 0 Å². The standard InChI is InChI=1S/C11H13Br2NO3S/c1-7-4-10(13)11(5-9(7)12)18(16,17)14-3-2-8(15)6-14/h4-5,8,15H,2-3,6H2,1H3/t8-/m1/s1. The minimum absolute atomic E-state index is 0.167. The number of benzene rings is 1. The number of halogens is 2. The Balaban J connectivity index is 2.45. The van der Waals surface area contributed by atoms with Gasteiger partial charge in [-0.3, -0.25) is 0 Å². The molecular formula is C11H13Br2NO3S. The van der Waals surface area contributed by atoms with Crippen molar-refractivity contribution in [2.75, 3.05) is 13.1 Å². The Kier molecular flexibility index (Phi) is 4.18. The van der Waals surface area contributed by atoms with Crippen molar-refractivity contribution in [1.29, 1.82) is 0 Å². The molecule has 18 heavy (non-hydrogen) atoms. The fraction of sp³-hybridized carbons (Fsp3) is 0.455. The number of aryl methyl sites for hydroxylation is 1. The van der Waals surface area contributed by atoms with Crippen molar-refractivity contribution in [2.45, 2.75) is 24.3 Å². The first-order chi connectivity index (χ1) is 8.32. The SMILES string of the molecule is Cc1cc(Br)c(S(=O)(=O)N2CC[C@@H](O)C2)cc1Br. The van der Waals surface area contributed by atoms with Crippen molar-refractivity contribution >= 4 is 41.9 Å². The Labute approximate surface area is 123 Å². The van der Waals surface area contributed by atoms with Gasteiger partial charge in [-0.2, -0.15) is 4.31 Å². The number of rotatable bonds is 2. The Bertz CT molecular complexity index is 574. The molecule has 2 rings (SSSR count). The van der Waals surface area contributed by atoms with Gasteiger partial charge in [-0.15, -0.1) is 0 Å². The molecule has 0 amide bonds. The molecule has 4 nitrogen and oxygen atoms in total. The van der Waals surface area contributed by atoms with Crippen LogP contribution in [0.15, 0.2) is 26.0 Å². The summed E-state index contributed by atoms with van der Waals surface area (Å²) in [5.74, 6) is 0. The van der Waals surface area contributed by atoms with Crippen LogP contribution >= 0.6 is 31.9 Å². The fourth-order valence-corrected chi connectivity index (χ4v) is 5.02. The molecule has 1 heterocycles. The number of β-amino-alcohol motifs (C(OH)–C–C–N with tert-alkyl or cyclic N) is 1. The lowest BCUT2D eigenvalue weighted by atomic mass is 10.2. The topological polar surface area (TPSA) is 57.6 Å². The summed E-state index contributed by atoms with van der Waals surface area (Å²) in [6, 6.07) is 3.36. The number of hydrogen-bond donors (Lipinski definition) is 1. The number of hydrogen-bond acceptors (Lipinski definition) is 3. The van der Waals surface area contributed by atoms with Crippen LogP contribution in [0.25, 0.3) is 0 Å². The number of aliphatic hydroxyl groups is 1. The van der Waals surface area contributed by atoms with Crippen LogP contribution in [0.2, 0.25) is 0 Å². The third-order valence-electron chi connectivity index (χ3n) is 2.96. The second-order valence-electron chi connectivity index (χ2n) is 4.34. The Morgan fingerprint density at radius 1 is 1.33 bits per heavy atom. The first-order valence-electron chi connectivity index (χ1n) is 5.46. The van der Waals surface area contributed by atoms with Gasteiger partial charge < -0.3 is 5.11 Å². The van der Waals surface area contributed by atoms with E-state index in [4.69, 9.17) is 0 Å². The van der Waals surface area contributed by atoms with E-state index in [1.807, 2.05) is 6.92 Å². The molecule has 7 heteroatoms. The van der Waals surface area contributed by atoms with Crippen LogP contribution in [-0.2, 0) is 10.0 Å². The third-order valence-corrected chi connectivity index (χ3v) is 6.64. The monoisotopic (exact) mass is 397 g/mol. The van der Waals surface area contributed by atoms with Gasteiger partial charge >= 0.3 is 0 Å². The lowest BCUT2D eigenvalue weighted by Gasteiger charge is -2.17. The smallest absolute Gasteiger partial charge is 0.244 e. The molecule has 0 aromatic heterocycles. The normalized spacial score (nSPS) is 21.4. The molecule has 1 saturated heterocycles. The second-order valence-corrected chi connectivity index (χ2v) is 7.95. The van der Waals surface area contributed by atoms with Gasteiger partial charge in [-0.1, -0.05) is 15.9 Å². The van der Waals surface area contributed by atoms with E-state index in [1.165, 1.54) is 4.31 Å². The Morgan fingerprint density at radius 3 is 2.56 bits per heavy atom. The number of sulfonamides is 1. The van der Waals surface area contributed by atoms with E-state index in [-0.39, 0.29) is 11.4 Å². The maximum atomic E-state index is 12.4. The number of aliphatic hydroxyl groups excluding tert-OH is 1. The summed E-state index contributed by atoms with van der Waals surface area (Å²) in [6.07, 6.45) is -0.0726. The van der Waals surface area contributed by atoms with Gasteiger partial charge in [0.2, 0.25) is 10.0 Å². The van der Waals surface area contributed by atoms with Gasteiger partial charge in [0, 0.05) is 22.0 Å². The van der Waals surface area contributed by atoms with Crippen LogP contribution < -0.4 is 0 Å². The van der Waals surface area contributed by atoms with E-state index in [2.05, 4.69) is 31.9 Å². The molecule has 0 saturated carbocycles. The van der Waals surface area contributed by atoms with E-state index >= 15 is 0 Å². The zero-order chi connectivity index (χ0) is 13.5. The molecular weight excluding hydrogens is 386 g/mol. The summed E-state index contributed by atoms with van der Waals surface area (Å²) in [7, 11) is -3.55. The first kappa shape index (κ1) is 14.5. The molecule has 1 aliphatic rings. The molecule has 1 atom stereocenters. The van der Waals surface area contributed by atoms with Crippen LogP contribution in [-0.4, -0.2) is 37.0 Å². The minimum Gasteiger partial charge on any atom is -0.392 e. The third kappa shape index (κ3) is 2.65. The van der Waals surface area contributed by atoms with Crippen LogP contribution in [0.3, 0.4) is 0 Å². The summed E-state index contributed by atoms with van der Waals surface area (Å²) in [5.41, 5.74) is 0.960. The average molecular weight is 399 g/mol. The van der Waals surface area contributed by atoms with Crippen molar-refractivity contribution in [3.05, 3.63) is 26.6 Å². The van der Waals surface area contributed by atoms with Gasteiger partial charge in [-0.25, -0.2) is 8.42 Å². The van der Waals surface area contributed by atoms with E-state index < -0.39 is 16.1 Å². The van der Waals surface area contributed by atoms with Crippen LogP contribution in [0.1, 0.15) is 12.0 Å². The van der Waals surface area contributed by atoms with Crippen molar-refractivity contribution in [1.82, 2.24) is 4.31 Å². The highest BCUT2D eigenvalue weighted by Gasteiger charge is 2.33. The van der Waals surface area contributed by atoms with Crippen LogP contribution in [0.4, 0.5) is 0 Å². The van der Waals surface area contributed by atoms with Gasteiger partial charge in [0.05, 0.1) is 11.0 Å². The molecule has 0 radical (unpaired) electrons. The molecule has 1 aromatic carbocycles. The molecule has 0 spiro atoms.